The quantitative estimate of drug-likeness (QED) is 0.865. The van der Waals surface area contributed by atoms with Gasteiger partial charge in [-0.3, -0.25) is 0 Å². The lowest BCUT2D eigenvalue weighted by Gasteiger charge is -2.21. The Bertz CT molecular complexity index is 622. The zero-order chi connectivity index (χ0) is 14.2. The van der Waals surface area contributed by atoms with Crippen LogP contribution < -0.4 is 9.47 Å². The molecular formula is C11H13NO6S. The van der Waals surface area contributed by atoms with Crippen LogP contribution in [0.3, 0.4) is 0 Å². The summed E-state index contributed by atoms with van der Waals surface area (Å²) in [6.07, 6.45) is 0. The minimum Gasteiger partial charge on any atom is -0.486 e. The maximum absolute atomic E-state index is 12.0. The highest BCUT2D eigenvalue weighted by Gasteiger charge is 2.27. The van der Waals surface area contributed by atoms with Gasteiger partial charge in [-0.05, 0) is 6.07 Å². The summed E-state index contributed by atoms with van der Waals surface area (Å²) in [5.41, 5.74) is -0.224. The molecule has 0 unspecified atom stereocenters. The number of nitrogens with zero attached hydrogens (tertiary/aromatic N) is 1. The molecule has 1 aromatic rings. The van der Waals surface area contributed by atoms with Crippen molar-refractivity contribution in [2.45, 2.75) is 4.90 Å². The van der Waals surface area contributed by atoms with Crippen molar-refractivity contribution >= 4 is 16.0 Å². The molecule has 0 spiro atoms. The minimum absolute atomic E-state index is 0.0662. The van der Waals surface area contributed by atoms with Crippen LogP contribution in [0.1, 0.15) is 10.4 Å². The van der Waals surface area contributed by atoms with Gasteiger partial charge in [-0.1, -0.05) is 0 Å². The first-order valence-electron chi connectivity index (χ1n) is 5.43. The third-order valence-electron chi connectivity index (χ3n) is 2.62. The number of benzene rings is 1. The van der Waals surface area contributed by atoms with E-state index in [2.05, 4.69) is 0 Å². The fourth-order valence-corrected chi connectivity index (χ4v) is 2.59. The molecule has 0 saturated carbocycles. The van der Waals surface area contributed by atoms with E-state index in [9.17, 15) is 13.2 Å². The number of sulfonamides is 1. The minimum atomic E-state index is -3.73. The molecule has 7 nitrogen and oxygen atoms in total. The van der Waals surface area contributed by atoms with Crippen molar-refractivity contribution in [3.05, 3.63) is 17.7 Å². The summed E-state index contributed by atoms with van der Waals surface area (Å²) >= 11 is 0. The van der Waals surface area contributed by atoms with E-state index in [1.165, 1.54) is 20.2 Å². The maximum atomic E-state index is 12.0. The second-order valence-corrected chi connectivity index (χ2v) is 6.24. The Morgan fingerprint density at radius 1 is 1.26 bits per heavy atom. The summed E-state index contributed by atoms with van der Waals surface area (Å²) in [7, 11) is -0.997. The Morgan fingerprint density at radius 2 is 1.89 bits per heavy atom. The van der Waals surface area contributed by atoms with Gasteiger partial charge < -0.3 is 14.6 Å². The molecule has 0 amide bonds. The van der Waals surface area contributed by atoms with Crippen LogP contribution in [0, 0.1) is 0 Å². The molecule has 1 aliphatic heterocycles. The van der Waals surface area contributed by atoms with Crippen molar-refractivity contribution in [2.24, 2.45) is 0 Å². The average Bonchev–Trinajstić information content (AvgIpc) is 2.36. The molecule has 0 saturated heterocycles. The lowest BCUT2D eigenvalue weighted by Crippen LogP contribution is -2.24. The molecule has 2 rings (SSSR count). The molecule has 0 aliphatic carbocycles. The van der Waals surface area contributed by atoms with Gasteiger partial charge in [0.15, 0.2) is 11.5 Å². The largest absolute Gasteiger partial charge is 0.486 e. The fraction of sp³-hybridized carbons (Fsp3) is 0.364. The van der Waals surface area contributed by atoms with E-state index < -0.39 is 16.0 Å². The van der Waals surface area contributed by atoms with Crippen molar-refractivity contribution in [2.75, 3.05) is 27.3 Å². The summed E-state index contributed by atoms with van der Waals surface area (Å²) in [6.45, 7) is 0.477. The summed E-state index contributed by atoms with van der Waals surface area (Å²) in [5, 5.41) is 9.13. The Hall–Kier alpha value is -1.80. The van der Waals surface area contributed by atoms with Gasteiger partial charge in [0, 0.05) is 20.2 Å². The predicted molar refractivity (Wildman–Crippen MR) is 65.3 cm³/mol. The number of ether oxygens (including phenoxy) is 2. The number of carboxylic acid groups (broad SMARTS) is 1. The second kappa shape index (κ2) is 4.71. The first-order valence-corrected chi connectivity index (χ1v) is 6.87. The van der Waals surface area contributed by atoms with E-state index in [1.54, 1.807) is 0 Å². The smallest absolute Gasteiger partial charge is 0.339 e. The number of carbonyl (C=O) groups is 1. The molecule has 0 atom stereocenters. The second-order valence-electron chi connectivity index (χ2n) is 4.09. The van der Waals surface area contributed by atoms with Crippen molar-refractivity contribution in [3.8, 4) is 11.5 Å². The maximum Gasteiger partial charge on any atom is 0.339 e. The van der Waals surface area contributed by atoms with E-state index in [0.29, 0.717) is 0 Å². The Labute approximate surface area is 110 Å². The summed E-state index contributed by atoms with van der Waals surface area (Å²) in [6, 6.07) is 2.35. The van der Waals surface area contributed by atoms with E-state index in [-0.39, 0.29) is 35.2 Å². The van der Waals surface area contributed by atoms with Crippen LogP contribution in [0.2, 0.25) is 0 Å². The first kappa shape index (κ1) is 13.6. The van der Waals surface area contributed by atoms with Gasteiger partial charge in [-0.2, -0.15) is 0 Å². The predicted octanol–water partition coefficient (Wildman–Crippen LogP) is 0.406. The third-order valence-corrected chi connectivity index (χ3v) is 4.42. The van der Waals surface area contributed by atoms with Gasteiger partial charge in [-0.15, -0.1) is 0 Å². The van der Waals surface area contributed by atoms with Crippen LogP contribution in [0.5, 0.6) is 11.5 Å². The summed E-state index contributed by atoms with van der Waals surface area (Å²) < 4.78 is 35.6. The molecule has 104 valence electrons. The van der Waals surface area contributed by atoms with Gasteiger partial charge in [0.05, 0.1) is 4.90 Å². The highest BCUT2D eigenvalue weighted by molar-refractivity contribution is 7.89. The topological polar surface area (TPSA) is 93.1 Å². The average molecular weight is 287 g/mol. The lowest BCUT2D eigenvalue weighted by atomic mass is 10.2. The van der Waals surface area contributed by atoms with Crippen LogP contribution in [0.25, 0.3) is 0 Å². The molecule has 0 radical (unpaired) electrons. The van der Waals surface area contributed by atoms with Crippen LogP contribution >= 0.6 is 0 Å². The van der Waals surface area contributed by atoms with Gasteiger partial charge in [-0.25, -0.2) is 17.5 Å². The molecule has 1 N–H and O–H groups in total. The standard InChI is InChI=1S/C11H13NO6S/c1-12(2)19(15,16)7-5-8(11(13)14)10-9(6-7)17-3-4-18-10/h5-6H,3-4H2,1-2H3,(H,13,14). The van der Waals surface area contributed by atoms with Crippen LogP contribution in [-0.2, 0) is 10.0 Å². The van der Waals surface area contributed by atoms with E-state index in [4.69, 9.17) is 14.6 Å². The molecular weight excluding hydrogens is 274 g/mol. The van der Waals surface area contributed by atoms with E-state index in [1.807, 2.05) is 0 Å². The molecule has 8 heteroatoms. The zero-order valence-corrected chi connectivity index (χ0v) is 11.2. The van der Waals surface area contributed by atoms with Crippen LogP contribution in [-0.4, -0.2) is 51.1 Å². The molecule has 0 aromatic heterocycles. The fourth-order valence-electron chi connectivity index (χ4n) is 1.65. The zero-order valence-electron chi connectivity index (χ0n) is 10.4. The third kappa shape index (κ3) is 2.36. The van der Waals surface area contributed by atoms with Crippen LogP contribution in [0.4, 0.5) is 0 Å². The van der Waals surface area contributed by atoms with Crippen molar-refractivity contribution in [1.82, 2.24) is 4.31 Å². The van der Waals surface area contributed by atoms with Gasteiger partial charge in [0.25, 0.3) is 0 Å². The highest BCUT2D eigenvalue weighted by atomic mass is 32.2. The van der Waals surface area contributed by atoms with Crippen molar-refractivity contribution in [3.63, 3.8) is 0 Å². The molecule has 1 heterocycles. The van der Waals surface area contributed by atoms with Gasteiger partial charge in [0.1, 0.15) is 18.8 Å². The first-order chi connectivity index (χ1) is 8.84. The molecule has 1 aliphatic rings. The Morgan fingerprint density at radius 3 is 2.47 bits per heavy atom. The number of carboxylic acids is 1. The van der Waals surface area contributed by atoms with Crippen LogP contribution in [0.15, 0.2) is 17.0 Å². The molecule has 1 aromatic carbocycles. The van der Waals surface area contributed by atoms with E-state index in [0.717, 1.165) is 10.4 Å². The number of hydrogen-bond donors (Lipinski definition) is 1. The lowest BCUT2D eigenvalue weighted by molar-refractivity contribution is 0.0685. The molecule has 19 heavy (non-hydrogen) atoms. The SMILES string of the molecule is CN(C)S(=O)(=O)c1cc2c(c(C(=O)O)c1)OCCO2. The van der Waals surface area contributed by atoms with Gasteiger partial charge in [0.2, 0.25) is 10.0 Å². The number of rotatable bonds is 3. The van der Waals surface area contributed by atoms with E-state index >= 15 is 0 Å². The number of hydrogen-bond acceptors (Lipinski definition) is 5. The normalized spacial score (nSPS) is 14.5. The summed E-state index contributed by atoms with van der Waals surface area (Å²) in [4.78, 5) is 11.0. The number of fused-ring (bicyclic) bond motifs is 1. The summed E-state index contributed by atoms with van der Waals surface area (Å²) in [5.74, 6) is -1.07. The Balaban J connectivity index is 2.66. The van der Waals surface area contributed by atoms with Crippen molar-refractivity contribution in [1.29, 1.82) is 0 Å². The van der Waals surface area contributed by atoms with Gasteiger partial charge >= 0.3 is 5.97 Å². The Kier molecular flexibility index (Phi) is 3.38. The molecule has 0 bridgehead atoms. The number of aromatic carboxylic acids is 1. The molecule has 0 fully saturated rings. The highest BCUT2D eigenvalue weighted by Crippen LogP contribution is 2.37. The van der Waals surface area contributed by atoms with Crippen molar-refractivity contribution < 1.29 is 27.8 Å². The monoisotopic (exact) mass is 287 g/mol.